The molecule has 0 bridgehead atoms. The molecule has 2 aromatic carbocycles. The van der Waals surface area contributed by atoms with Crippen molar-refractivity contribution in [3.8, 4) is 5.75 Å². The first kappa shape index (κ1) is 17.2. The Morgan fingerprint density at radius 3 is 2.55 bits per heavy atom. The molecule has 2 nitrogen and oxygen atoms in total. The predicted molar refractivity (Wildman–Crippen MR) is 92.4 cm³/mol. The molecule has 20 heavy (non-hydrogen) atoms. The van der Waals surface area contributed by atoms with Crippen molar-refractivity contribution >= 4 is 35.8 Å². The average Bonchev–Trinajstić information content (AvgIpc) is 2.46. The molecule has 4 heteroatoms. The van der Waals surface area contributed by atoms with Crippen LogP contribution in [0.1, 0.15) is 19.3 Å². The van der Waals surface area contributed by atoms with Gasteiger partial charge in [-0.15, -0.1) is 12.4 Å². The van der Waals surface area contributed by atoms with Gasteiger partial charge in [0.25, 0.3) is 0 Å². The van der Waals surface area contributed by atoms with Gasteiger partial charge in [0.2, 0.25) is 0 Å². The SMILES string of the molecule is Cl.N[C@@H](CS)CCCCOc1ccc2ccccc2c1. The summed E-state index contributed by atoms with van der Waals surface area (Å²) in [5.41, 5.74) is 5.81. The Labute approximate surface area is 132 Å². The molecule has 0 unspecified atom stereocenters. The highest BCUT2D eigenvalue weighted by Crippen LogP contribution is 2.20. The second-order valence-corrected chi connectivity index (χ2v) is 5.16. The standard InChI is InChI=1S/C16H21NOS.ClH/c17-15(12-19)7-3-4-10-18-16-9-8-13-5-1-2-6-14(13)11-16;/h1-2,5-6,8-9,11,15,19H,3-4,7,10,12,17H2;1H/t15-;/m1./s1. The molecule has 0 saturated carbocycles. The Morgan fingerprint density at radius 1 is 1.05 bits per heavy atom. The zero-order chi connectivity index (χ0) is 13.5. The monoisotopic (exact) mass is 311 g/mol. The molecule has 0 heterocycles. The van der Waals surface area contributed by atoms with Gasteiger partial charge in [-0.25, -0.2) is 0 Å². The van der Waals surface area contributed by atoms with Crippen LogP contribution in [0.4, 0.5) is 0 Å². The lowest BCUT2D eigenvalue weighted by Gasteiger charge is -2.09. The minimum absolute atomic E-state index is 0. The number of unbranched alkanes of at least 4 members (excludes halogenated alkanes) is 1. The van der Waals surface area contributed by atoms with Gasteiger partial charge in [0.05, 0.1) is 6.61 Å². The minimum Gasteiger partial charge on any atom is -0.494 e. The molecule has 2 rings (SSSR count). The molecule has 0 saturated heterocycles. The third-order valence-corrected chi connectivity index (χ3v) is 3.66. The Morgan fingerprint density at radius 2 is 1.80 bits per heavy atom. The molecule has 2 aromatic rings. The first-order valence-corrected chi connectivity index (χ1v) is 7.41. The van der Waals surface area contributed by atoms with E-state index in [1.54, 1.807) is 0 Å². The van der Waals surface area contributed by atoms with Crippen LogP contribution < -0.4 is 10.5 Å². The summed E-state index contributed by atoms with van der Waals surface area (Å²) in [5.74, 6) is 1.70. The van der Waals surface area contributed by atoms with Crippen LogP contribution in [0.2, 0.25) is 0 Å². The number of benzene rings is 2. The fraction of sp³-hybridized carbons (Fsp3) is 0.375. The molecule has 2 N–H and O–H groups in total. The Hall–Kier alpha value is -0.900. The van der Waals surface area contributed by atoms with Crippen molar-refractivity contribution in [3.63, 3.8) is 0 Å². The summed E-state index contributed by atoms with van der Waals surface area (Å²) < 4.78 is 5.77. The van der Waals surface area contributed by atoms with E-state index in [-0.39, 0.29) is 18.4 Å². The van der Waals surface area contributed by atoms with Crippen LogP contribution in [0, 0.1) is 0 Å². The van der Waals surface area contributed by atoms with Gasteiger partial charge in [-0.3, -0.25) is 0 Å². The average molecular weight is 312 g/mol. The largest absolute Gasteiger partial charge is 0.494 e. The lowest BCUT2D eigenvalue weighted by molar-refractivity contribution is 0.304. The van der Waals surface area contributed by atoms with E-state index in [2.05, 4.69) is 36.9 Å². The second kappa shape index (κ2) is 9.11. The van der Waals surface area contributed by atoms with Crippen molar-refractivity contribution in [3.05, 3.63) is 42.5 Å². The van der Waals surface area contributed by atoms with E-state index < -0.39 is 0 Å². The summed E-state index contributed by atoms with van der Waals surface area (Å²) in [6, 6.07) is 14.7. The topological polar surface area (TPSA) is 35.2 Å². The molecule has 0 fully saturated rings. The molecule has 110 valence electrons. The molecule has 0 aliphatic rings. The molecule has 0 aliphatic carbocycles. The number of hydrogen-bond donors (Lipinski definition) is 2. The number of fused-ring (bicyclic) bond motifs is 1. The van der Waals surface area contributed by atoms with Crippen molar-refractivity contribution in [1.29, 1.82) is 0 Å². The van der Waals surface area contributed by atoms with Crippen molar-refractivity contribution in [2.45, 2.75) is 25.3 Å². The van der Waals surface area contributed by atoms with E-state index in [1.807, 2.05) is 18.2 Å². The van der Waals surface area contributed by atoms with Gasteiger partial charge < -0.3 is 10.5 Å². The lowest BCUT2D eigenvalue weighted by Crippen LogP contribution is -2.21. The summed E-state index contributed by atoms with van der Waals surface area (Å²) >= 11 is 4.18. The Bertz CT molecular complexity index is 521. The molecule has 1 atom stereocenters. The van der Waals surface area contributed by atoms with E-state index in [0.717, 1.165) is 37.4 Å². The Kier molecular flexibility index (Phi) is 7.82. The van der Waals surface area contributed by atoms with E-state index in [4.69, 9.17) is 10.5 Å². The van der Waals surface area contributed by atoms with Crippen LogP contribution >= 0.6 is 25.0 Å². The van der Waals surface area contributed by atoms with Crippen LogP contribution in [0.3, 0.4) is 0 Å². The van der Waals surface area contributed by atoms with Gasteiger partial charge in [0, 0.05) is 11.8 Å². The summed E-state index contributed by atoms with van der Waals surface area (Å²) in [5, 5.41) is 2.46. The summed E-state index contributed by atoms with van der Waals surface area (Å²) in [7, 11) is 0. The summed E-state index contributed by atoms with van der Waals surface area (Å²) in [6.07, 6.45) is 3.15. The fourth-order valence-electron chi connectivity index (χ4n) is 2.05. The number of nitrogens with two attached hydrogens (primary N) is 1. The summed E-state index contributed by atoms with van der Waals surface area (Å²) in [6.45, 7) is 0.748. The Balaban J connectivity index is 0.00000200. The highest BCUT2D eigenvalue weighted by molar-refractivity contribution is 7.80. The number of thiol groups is 1. The second-order valence-electron chi connectivity index (χ2n) is 4.80. The van der Waals surface area contributed by atoms with Gasteiger partial charge in [-0.2, -0.15) is 12.6 Å². The number of halogens is 1. The van der Waals surface area contributed by atoms with Gasteiger partial charge >= 0.3 is 0 Å². The van der Waals surface area contributed by atoms with Crippen molar-refractivity contribution in [1.82, 2.24) is 0 Å². The third-order valence-electron chi connectivity index (χ3n) is 3.19. The van der Waals surface area contributed by atoms with Crippen LogP contribution in [0.25, 0.3) is 10.8 Å². The van der Waals surface area contributed by atoms with Crippen molar-refractivity contribution in [2.24, 2.45) is 5.73 Å². The highest BCUT2D eigenvalue weighted by atomic mass is 35.5. The first-order valence-electron chi connectivity index (χ1n) is 6.77. The van der Waals surface area contributed by atoms with E-state index in [0.29, 0.717) is 0 Å². The van der Waals surface area contributed by atoms with Crippen LogP contribution in [-0.4, -0.2) is 18.4 Å². The van der Waals surface area contributed by atoms with Crippen molar-refractivity contribution in [2.75, 3.05) is 12.4 Å². The predicted octanol–water partition coefficient (Wildman–Crippen LogP) is 4.07. The van der Waals surface area contributed by atoms with Gasteiger partial charge in [0.1, 0.15) is 5.75 Å². The van der Waals surface area contributed by atoms with E-state index in [1.165, 1.54) is 10.8 Å². The highest BCUT2D eigenvalue weighted by Gasteiger charge is 2.00. The summed E-state index contributed by atoms with van der Waals surface area (Å²) in [4.78, 5) is 0. The molecule has 0 spiro atoms. The molecule has 0 amide bonds. The molecular weight excluding hydrogens is 290 g/mol. The van der Waals surface area contributed by atoms with Crippen LogP contribution in [-0.2, 0) is 0 Å². The molecule has 0 radical (unpaired) electrons. The zero-order valence-electron chi connectivity index (χ0n) is 11.5. The quantitative estimate of drug-likeness (QED) is 0.597. The van der Waals surface area contributed by atoms with Crippen LogP contribution in [0.5, 0.6) is 5.75 Å². The third kappa shape index (κ3) is 5.23. The maximum absolute atomic E-state index is 5.81. The lowest BCUT2D eigenvalue weighted by atomic mass is 10.1. The fourth-order valence-corrected chi connectivity index (χ4v) is 2.23. The number of ether oxygens (including phenoxy) is 1. The van der Waals surface area contributed by atoms with Gasteiger partial charge in [-0.05, 0) is 42.2 Å². The van der Waals surface area contributed by atoms with E-state index in [9.17, 15) is 0 Å². The van der Waals surface area contributed by atoms with Crippen LogP contribution in [0.15, 0.2) is 42.5 Å². The zero-order valence-corrected chi connectivity index (χ0v) is 13.2. The minimum atomic E-state index is 0. The van der Waals surface area contributed by atoms with E-state index >= 15 is 0 Å². The number of hydrogen-bond acceptors (Lipinski definition) is 3. The first-order chi connectivity index (χ1) is 9.29. The molecular formula is C16H22ClNOS. The van der Waals surface area contributed by atoms with Gasteiger partial charge in [-0.1, -0.05) is 30.3 Å². The normalized spacial score (nSPS) is 11.9. The number of rotatable bonds is 7. The van der Waals surface area contributed by atoms with Gasteiger partial charge in [0.15, 0.2) is 0 Å². The smallest absolute Gasteiger partial charge is 0.119 e. The molecule has 0 aliphatic heterocycles. The van der Waals surface area contributed by atoms with Crippen molar-refractivity contribution < 1.29 is 4.74 Å². The maximum atomic E-state index is 5.81. The molecule has 0 aromatic heterocycles. The maximum Gasteiger partial charge on any atom is 0.119 e.